The first-order chi connectivity index (χ1) is 10.7. The summed E-state index contributed by atoms with van der Waals surface area (Å²) in [6.07, 6.45) is 2.87. The minimum Gasteiger partial charge on any atom is -0.465 e. The van der Waals surface area contributed by atoms with Crippen molar-refractivity contribution in [2.75, 3.05) is 12.9 Å². The molecule has 1 heterocycles. The normalized spacial score (nSPS) is 27.0. The van der Waals surface area contributed by atoms with Crippen LogP contribution in [0.3, 0.4) is 0 Å². The molecule has 0 radical (unpaired) electrons. The quantitative estimate of drug-likeness (QED) is 0.471. The molecule has 0 amide bonds. The van der Waals surface area contributed by atoms with Gasteiger partial charge in [0.15, 0.2) is 5.75 Å². The molecule has 0 spiro atoms. The first-order valence-electron chi connectivity index (χ1n) is 7.21. The van der Waals surface area contributed by atoms with Gasteiger partial charge in [0.2, 0.25) is 0 Å². The minimum atomic E-state index is -3.64. The Bertz CT molecular complexity index is 786. The fourth-order valence-electron chi connectivity index (χ4n) is 3.51. The molecule has 7 heteroatoms. The van der Waals surface area contributed by atoms with Crippen LogP contribution in [0.5, 0.6) is 5.75 Å². The van der Waals surface area contributed by atoms with Gasteiger partial charge in [-0.15, -0.1) is 0 Å². The van der Waals surface area contributed by atoms with Gasteiger partial charge in [0.05, 0.1) is 23.3 Å². The maximum atomic E-state index is 12.3. The van der Waals surface area contributed by atoms with E-state index in [4.69, 9.17) is 20.5 Å². The van der Waals surface area contributed by atoms with Crippen molar-refractivity contribution in [3.63, 3.8) is 0 Å². The van der Waals surface area contributed by atoms with Gasteiger partial charge in [0.25, 0.3) is 0 Å². The predicted molar refractivity (Wildman–Crippen MR) is 85.9 cm³/mol. The summed E-state index contributed by atoms with van der Waals surface area (Å²) in [5.41, 5.74) is 1.34. The van der Waals surface area contributed by atoms with Crippen molar-refractivity contribution in [1.82, 2.24) is 0 Å². The largest absolute Gasteiger partial charge is 0.465 e. The Balaban J connectivity index is 1.87. The highest BCUT2D eigenvalue weighted by Crippen LogP contribution is 2.52. The fraction of sp³-hybridized carbons (Fsp3) is 0.438. The highest BCUT2D eigenvalue weighted by atomic mass is 35.5. The predicted octanol–water partition coefficient (Wildman–Crippen LogP) is 2.73. The third kappa shape index (κ3) is 3.10. The van der Waals surface area contributed by atoms with Gasteiger partial charge in [-0.05, 0) is 37.0 Å². The van der Waals surface area contributed by atoms with Gasteiger partial charge in [-0.25, -0.2) is 0 Å². The molecule has 1 aliphatic heterocycles. The lowest BCUT2D eigenvalue weighted by Crippen LogP contribution is -2.31. The number of halogens is 1. The number of carbonyl (C=O) groups is 1. The van der Waals surface area contributed by atoms with E-state index in [1.807, 2.05) is 0 Å². The Morgan fingerprint density at radius 3 is 2.87 bits per heavy atom. The number of cyclic esters (lactones) is 1. The zero-order chi connectivity index (χ0) is 16.8. The molecular weight excluding hydrogens is 340 g/mol. The standard InChI is InChI=1S/C16H17ClO5S/c1-10-5-12-9-21-15(18)16(12,7-10)8-11-3-4-14(13(17)6-11)22-23(2,19)20/h3-4,6,12H,1,5,7-9H2,2H3. The van der Waals surface area contributed by atoms with Crippen LogP contribution >= 0.6 is 11.6 Å². The molecule has 1 saturated heterocycles. The molecule has 2 aliphatic rings. The molecule has 2 fully saturated rings. The number of carbonyl (C=O) groups excluding carboxylic acids is 1. The molecule has 0 aromatic heterocycles. The average molecular weight is 357 g/mol. The van der Waals surface area contributed by atoms with Gasteiger partial charge in [0, 0.05) is 5.92 Å². The van der Waals surface area contributed by atoms with E-state index in [1.54, 1.807) is 12.1 Å². The summed E-state index contributed by atoms with van der Waals surface area (Å²) in [5, 5.41) is 0.198. The number of rotatable bonds is 4. The molecule has 1 aliphatic carbocycles. The number of fused-ring (bicyclic) bond motifs is 1. The molecule has 1 aromatic rings. The van der Waals surface area contributed by atoms with Crippen LogP contribution in [0.25, 0.3) is 0 Å². The molecule has 1 saturated carbocycles. The van der Waals surface area contributed by atoms with Crippen LogP contribution in [-0.2, 0) is 26.1 Å². The molecule has 0 bridgehead atoms. The van der Waals surface area contributed by atoms with Gasteiger partial charge in [0.1, 0.15) is 0 Å². The van der Waals surface area contributed by atoms with Crippen LogP contribution in [0.1, 0.15) is 18.4 Å². The van der Waals surface area contributed by atoms with Crippen LogP contribution < -0.4 is 4.18 Å². The summed E-state index contributed by atoms with van der Waals surface area (Å²) >= 11 is 6.10. The summed E-state index contributed by atoms with van der Waals surface area (Å²) in [7, 11) is -3.64. The van der Waals surface area contributed by atoms with E-state index >= 15 is 0 Å². The SMILES string of the molecule is C=C1CC2COC(=O)C2(Cc2ccc(OS(C)(=O)=O)c(Cl)c2)C1. The second-order valence-electron chi connectivity index (χ2n) is 6.31. The Hall–Kier alpha value is -1.53. The summed E-state index contributed by atoms with van der Waals surface area (Å²) in [4.78, 5) is 12.3. The molecule has 0 N–H and O–H groups in total. The summed E-state index contributed by atoms with van der Waals surface area (Å²) in [5.74, 6) is 0.0405. The fourth-order valence-corrected chi connectivity index (χ4v) is 4.27. The first kappa shape index (κ1) is 16.3. The van der Waals surface area contributed by atoms with Crippen LogP contribution in [0.4, 0.5) is 0 Å². The van der Waals surface area contributed by atoms with Crippen LogP contribution in [0, 0.1) is 11.3 Å². The van der Waals surface area contributed by atoms with Crippen molar-refractivity contribution in [1.29, 1.82) is 0 Å². The van der Waals surface area contributed by atoms with E-state index in [-0.39, 0.29) is 22.7 Å². The molecule has 3 rings (SSSR count). The smallest absolute Gasteiger partial charge is 0.313 e. The molecule has 5 nitrogen and oxygen atoms in total. The number of esters is 1. The Morgan fingerprint density at radius 1 is 1.48 bits per heavy atom. The number of ether oxygens (including phenoxy) is 1. The van der Waals surface area contributed by atoms with Crippen molar-refractivity contribution in [2.45, 2.75) is 19.3 Å². The second-order valence-corrected chi connectivity index (χ2v) is 8.29. The molecular formula is C16H17ClO5S. The van der Waals surface area contributed by atoms with E-state index < -0.39 is 15.5 Å². The lowest BCUT2D eigenvalue weighted by molar-refractivity contribution is -0.146. The van der Waals surface area contributed by atoms with Crippen molar-refractivity contribution in [3.8, 4) is 5.75 Å². The van der Waals surface area contributed by atoms with Gasteiger partial charge >= 0.3 is 16.1 Å². The highest BCUT2D eigenvalue weighted by molar-refractivity contribution is 7.86. The Morgan fingerprint density at radius 2 is 2.22 bits per heavy atom. The molecule has 2 unspecified atom stereocenters. The molecule has 1 aromatic carbocycles. The van der Waals surface area contributed by atoms with Crippen LogP contribution in [0.2, 0.25) is 5.02 Å². The van der Waals surface area contributed by atoms with E-state index in [2.05, 4.69) is 6.58 Å². The van der Waals surface area contributed by atoms with Crippen molar-refractivity contribution < 1.29 is 22.1 Å². The van der Waals surface area contributed by atoms with Crippen molar-refractivity contribution in [3.05, 3.63) is 40.9 Å². The number of allylic oxidation sites excluding steroid dienone is 1. The minimum absolute atomic E-state index is 0.0804. The summed E-state index contributed by atoms with van der Waals surface area (Å²) < 4.78 is 32.4. The summed E-state index contributed by atoms with van der Waals surface area (Å²) in [6, 6.07) is 4.87. The maximum Gasteiger partial charge on any atom is 0.313 e. The van der Waals surface area contributed by atoms with Gasteiger partial charge < -0.3 is 8.92 Å². The zero-order valence-electron chi connectivity index (χ0n) is 12.7. The lowest BCUT2D eigenvalue weighted by Gasteiger charge is -2.24. The first-order valence-corrected chi connectivity index (χ1v) is 9.41. The zero-order valence-corrected chi connectivity index (χ0v) is 14.2. The monoisotopic (exact) mass is 356 g/mol. The molecule has 124 valence electrons. The highest BCUT2D eigenvalue weighted by Gasteiger charge is 2.55. The molecule has 2 atom stereocenters. The lowest BCUT2D eigenvalue weighted by atomic mass is 9.75. The Kier molecular flexibility index (Phi) is 3.92. The van der Waals surface area contributed by atoms with Gasteiger partial charge in [-0.2, -0.15) is 8.42 Å². The maximum absolute atomic E-state index is 12.3. The van der Waals surface area contributed by atoms with Gasteiger partial charge in [-0.3, -0.25) is 4.79 Å². The number of benzene rings is 1. The topological polar surface area (TPSA) is 69.7 Å². The second kappa shape index (κ2) is 5.53. The number of hydrogen-bond acceptors (Lipinski definition) is 5. The number of hydrogen-bond donors (Lipinski definition) is 0. The van der Waals surface area contributed by atoms with E-state index in [9.17, 15) is 13.2 Å². The van der Waals surface area contributed by atoms with Crippen LogP contribution in [0.15, 0.2) is 30.4 Å². The van der Waals surface area contributed by atoms with E-state index in [0.29, 0.717) is 19.4 Å². The summed E-state index contributed by atoms with van der Waals surface area (Å²) in [6.45, 7) is 4.44. The Labute approximate surface area is 140 Å². The third-order valence-electron chi connectivity index (χ3n) is 4.46. The van der Waals surface area contributed by atoms with E-state index in [1.165, 1.54) is 6.07 Å². The van der Waals surface area contributed by atoms with Crippen molar-refractivity contribution in [2.24, 2.45) is 11.3 Å². The van der Waals surface area contributed by atoms with Crippen LogP contribution in [-0.4, -0.2) is 27.2 Å². The van der Waals surface area contributed by atoms with E-state index in [0.717, 1.165) is 23.8 Å². The molecule has 23 heavy (non-hydrogen) atoms. The van der Waals surface area contributed by atoms with Crippen molar-refractivity contribution >= 4 is 27.7 Å². The average Bonchev–Trinajstić information content (AvgIpc) is 2.88. The van der Waals surface area contributed by atoms with Gasteiger partial charge in [-0.1, -0.05) is 29.8 Å². The third-order valence-corrected chi connectivity index (χ3v) is 5.24.